The van der Waals surface area contributed by atoms with E-state index >= 15 is 0 Å². The highest BCUT2D eigenvalue weighted by atomic mass is 32.1. The van der Waals surface area contributed by atoms with E-state index < -0.39 is 11.5 Å². The molecule has 0 bridgehead atoms. The first-order chi connectivity index (χ1) is 12.7. The predicted molar refractivity (Wildman–Crippen MR) is 100 cm³/mol. The van der Waals surface area contributed by atoms with E-state index in [1.54, 1.807) is 30.5 Å². The molecule has 0 aliphatic carbocycles. The zero-order valence-corrected chi connectivity index (χ0v) is 14.2. The maximum Gasteiger partial charge on any atom is 0.261 e. The fraction of sp³-hybridized carbons (Fsp3) is 0. The van der Waals surface area contributed by atoms with Gasteiger partial charge < -0.3 is 14.7 Å². The summed E-state index contributed by atoms with van der Waals surface area (Å²) in [7, 11) is 0. The van der Waals surface area contributed by atoms with Crippen molar-refractivity contribution in [3.63, 3.8) is 0 Å². The van der Waals surface area contributed by atoms with Crippen LogP contribution in [0.15, 0.2) is 75.6 Å². The Morgan fingerprint density at radius 3 is 2.81 bits per heavy atom. The second kappa shape index (κ2) is 6.81. The maximum absolute atomic E-state index is 12.5. The Morgan fingerprint density at radius 2 is 2.08 bits per heavy atom. The maximum atomic E-state index is 12.5. The van der Waals surface area contributed by atoms with Crippen molar-refractivity contribution in [3.05, 3.63) is 82.3 Å². The van der Waals surface area contributed by atoms with Gasteiger partial charge in [-0.2, -0.15) is 0 Å². The Morgan fingerprint density at radius 1 is 1.15 bits per heavy atom. The summed E-state index contributed by atoms with van der Waals surface area (Å²) < 4.78 is 5.24. The molecule has 0 radical (unpaired) electrons. The topological polar surface area (TPSA) is 88.0 Å². The number of aromatic amines is 1. The van der Waals surface area contributed by atoms with Crippen molar-refractivity contribution in [2.45, 2.75) is 0 Å². The van der Waals surface area contributed by atoms with E-state index in [2.05, 4.69) is 15.3 Å². The van der Waals surface area contributed by atoms with Crippen LogP contribution in [0.1, 0.15) is 10.4 Å². The van der Waals surface area contributed by atoms with Gasteiger partial charge in [0, 0.05) is 22.8 Å². The normalized spacial score (nSPS) is 10.6. The van der Waals surface area contributed by atoms with Gasteiger partial charge in [0.1, 0.15) is 16.3 Å². The van der Waals surface area contributed by atoms with Gasteiger partial charge in [-0.15, -0.1) is 11.3 Å². The molecule has 0 aliphatic heterocycles. The molecule has 0 fully saturated rings. The quantitative estimate of drug-likeness (QED) is 0.573. The highest BCUT2D eigenvalue weighted by Gasteiger charge is 2.13. The van der Waals surface area contributed by atoms with Gasteiger partial charge in [-0.05, 0) is 36.4 Å². The fourth-order valence-electron chi connectivity index (χ4n) is 2.52. The molecule has 3 heterocycles. The molecular formula is C19H13N3O3S. The molecule has 0 saturated heterocycles. The van der Waals surface area contributed by atoms with Crippen LogP contribution < -0.4 is 10.9 Å². The molecule has 128 valence electrons. The van der Waals surface area contributed by atoms with Gasteiger partial charge >= 0.3 is 0 Å². The van der Waals surface area contributed by atoms with E-state index in [0.29, 0.717) is 17.1 Å². The summed E-state index contributed by atoms with van der Waals surface area (Å²) in [5.41, 5.74) is 1.56. The Bertz CT molecular complexity index is 1100. The van der Waals surface area contributed by atoms with E-state index in [9.17, 15) is 9.59 Å². The standard InChI is InChI=1S/C19H13N3O3S/c23-17(14-6-7-15(22-18(14)24)16-5-2-9-25-16)21-13-4-1-3-12(11-13)19-20-8-10-26-19/h1-11H,(H,21,23)(H,22,24). The molecule has 0 atom stereocenters. The van der Waals surface area contributed by atoms with Crippen molar-refractivity contribution < 1.29 is 9.21 Å². The number of hydrogen-bond donors (Lipinski definition) is 2. The Hall–Kier alpha value is -3.45. The third-order valence-corrected chi connectivity index (χ3v) is 4.56. The molecule has 0 unspecified atom stereocenters. The number of rotatable bonds is 4. The van der Waals surface area contributed by atoms with E-state index in [1.165, 1.54) is 23.7 Å². The van der Waals surface area contributed by atoms with E-state index in [1.807, 2.05) is 23.6 Å². The van der Waals surface area contributed by atoms with Crippen LogP contribution in [0.25, 0.3) is 22.0 Å². The first kappa shape index (κ1) is 16.0. The van der Waals surface area contributed by atoms with E-state index in [0.717, 1.165) is 10.6 Å². The summed E-state index contributed by atoms with van der Waals surface area (Å²) in [6.07, 6.45) is 3.25. The third-order valence-electron chi connectivity index (χ3n) is 3.74. The van der Waals surface area contributed by atoms with Crippen molar-refractivity contribution in [1.82, 2.24) is 9.97 Å². The number of thiazole rings is 1. The van der Waals surface area contributed by atoms with Crippen molar-refractivity contribution in [1.29, 1.82) is 0 Å². The lowest BCUT2D eigenvalue weighted by Gasteiger charge is -2.07. The Kier molecular flexibility index (Phi) is 4.20. The highest BCUT2D eigenvalue weighted by molar-refractivity contribution is 7.13. The summed E-state index contributed by atoms with van der Waals surface area (Å²) in [6, 6.07) is 13.9. The number of nitrogens with zero attached hydrogens (tertiary/aromatic N) is 1. The van der Waals surface area contributed by atoms with Crippen molar-refractivity contribution in [2.24, 2.45) is 0 Å². The average Bonchev–Trinajstić information content (AvgIpc) is 3.36. The van der Waals surface area contributed by atoms with Gasteiger partial charge in [-0.3, -0.25) is 9.59 Å². The largest absolute Gasteiger partial charge is 0.463 e. The van der Waals surface area contributed by atoms with Gasteiger partial charge in [0.15, 0.2) is 0 Å². The number of carbonyl (C=O) groups is 1. The summed E-state index contributed by atoms with van der Waals surface area (Å²) in [5, 5.41) is 5.50. The smallest absolute Gasteiger partial charge is 0.261 e. The molecule has 0 aliphatic rings. The van der Waals surface area contributed by atoms with Crippen LogP contribution in [-0.2, 0) is 0 Å². The number of H-pyrrole nitrogens is 1. The van der Waals surface area contributed by atoms with Crippen LogP contribution >= 0.6 is 11.3 Å². The lowest BCUT2D eigenvalue weighted by molar-refractivity contribution is 0.102. The van der Waals surface area contributed by atoms with Crippen LogP contribution in [0, 0.1) is 0 Å². The molecule has 6 nitrogen and oxygen atoms in total. The molecule has 1 amide bonds. The molecule has 26 heavy (non-hydrogen) atoms. The summed E-state index contributed by atoms with van der Waals surface area (Å²) in [4.78, 5) is 31.6. The monoisotopic (exact) mass is 363 g/mol. The number of furan rings is 1. The van der Waals surface area contributed by atoms with Gasteiger partial charge in [0.05, 0.1) is 12.0 Å². The lowest BCUT2D eigenvalue weighted by atomic mass is 10.2. The molecule has 0 spiro atoms. The molecule has 4 aromatic rings. The van der Waals surface area contributed by atoms with Crippen LogP contribution in [0.2, 0.25) is 0 Å². The average molecular weight is 363 g/mol. The summed E-state index contributed by atoms with van der Waals surface area (Å²) in [6.45, 7) is 0. The minimum atomic E-state index is -0.479. The molecule has 1 aromatic carbocycles. The molecule has 7 heteroatoms. The number of carbonyl (C=O) groups excluding carboxylic acids is 1. The predicted octanol–water partition coefficient (Wildman–Crippen LogP) is 4.01. The van der Waals surface area contributed by atoms with Gasteiger partial charge in [0.2, 0.25) is 0 Å². The van der Waals surface area contributed by atoms with Crippen LogP contribution in [0.3, 0.4) is 0 Å². The molecule has 4 rings (SSSR count). The number of hydrogen-bond acceptors (Lipinski definition) is 5. The molecule has 0 saturated carbocycles. The first-order valence-corrected chi connectivity index (χ1v) is 8.67. The Balaban J connectivity index is 1.57. The second-order valence-corrected chi connectivity index (χ2v) is 6.36. The summed E-state index contributed by atoms with van der Waals surface area (Å²) in [5.74, 6) is 0.0544. The first-order valence-electron chi connectivity index (χ1n) is 7.79. The highest BCUT2D eigenvalue weighted by Crippen LogP contribution is 2.24. The minimum Gasteiger partial charge on any atom is -0.463 e. The number of benzene rings is 1. The van der Waals surface area contributed by atoms with Gasteiger partial charge in [0.25, 0.3) is 11.5 Å². The number of amides is 1. The Labute approximate surface area is 152 Å². The van der Waals surface area contributed by atoms with Crippen LogP contribution in [0.4, 0.5) is 5.69 Å². The number of aromatic nitrogens is 2. The number of nitrogens with one attached hydrogen (secondary N) is 2. The second-order valence-electron chi connectivity index (χ2n) is 5.46. The van der Waals surface area contributed by atoms with Gasteiger partial charge in [-0.1, -0.05) is 12.1 Å². The van der Waals surface area contributed by atoms with Crippen molar-refractivity contribution >= 4 is 22.9 Å². The molecule has 2 N–H and O–H groups in total. The zero-order chi connectivity index (χ0) is 17.9. The van der Waals surface area contributed by atoms with Crippen molar-refractivity contribution in [3.8, 4) is 22.0 Å². The number of pyridine rings is 1. The third kappa shape index (κ3) is 3.20. The minimum absolute atomic E-state index is 0.0277. The molecular weight excluding hydrogens is 350 g/mol. The lowest BCUT2D eigenvalue weighted by Crippen LogP contribution is -2.23. The molecule has 3 aromatic heterocycles. The van der Waals surface area contributed by atoms with Gasteiger partial charge in [-0.25, -0.2) is 4.98 Å². The van der Waals surface area contributed by atoms with E-state index in [4.69, 9.17) is 4.42 Å². The van der Waals surface area contributed by atoms with Crippen LogP contribution in [-0.4, -0.2) is 15.9 Å². The van der Waals surface area contributed by atoms with Crippen LogP contribution in [0.5, 0.6) is 0 Å². The zero-order valence-electron chi connectivity index (χ0n) is 13.4. The van der Waals surface area contributed by atoms with Crippen molar-refractivity contribution in [2.75, 3.05) is 5.32 Å². The SMILES string of the molecule is O=C(Nc1cccc(-c2nccs2)c1)c1ccc(-c2ccco2)[nH]c1=O. The fourth-order valence-corrected chi connectivity index (χ4v) is 3.16. The van der Waals surface area contributed by atoms with E-state index in [-0.39, 0.29) is 5.56 Å². The summed E-state index contributed by atoms with van der Waals surface area (Å²) >= 11 is 1.51. The number of anilines is 1.